The highest BCUT2D eigenvalue weighted by molar-refractivity contribution is 6.12. The average molecular weight is 611 g/mol. The maximum Gasteiger partial charge on any atom is 0.346 e. The molecule has 43 heavy (non-hydrogen) atoms. The Morgan fingerprint density at radius 2 is 0.860 bits per heavy atom. The van der Waals surface area contributed by atoms with Crippen LogP contribution in [0.25, 0.3) is 0 Å². The van der Waals surface area contributed by atoms with Crippen LogP contribution in [0.2, 0.25) is 0 Å². The van der Waals surface area contributed by atoms with Crippen molar-refractivity contribution in [1.82, 2.24) is 0 Å². The maximum absolute atomic E-state index is 13.2. The van der Waals surface area contributed by atoms with Crippen molar-refractivity contribution in [3.8, 4) is 0 Å². The Morgan fingerprint density at radius 1 is 0.535 bits per heavy atom. The predicted molar refractivity (Wildman–Crippen MR) is 178 cm³/mol. The van der Waals surface area contributed by atoms with Crippen molar-refractivity contribution in [3.63, 3.8) is 0 Å². The highest BCUT2D eigenvalue weighted by Crippen LogP contribution is 2.26. The second-order valence-electron chi connectivity index (χ2n) is 13.1. The molecule has 254 valence electrons. The van der Waals surface area contributed by atoms with E-state index in [4.69, 9.17) is 0 Å². The number of rotatable bonds is 33. The van der Waals surface area contributed by atoms with Gasteiger partial charge in [0.25, 0.3) is 5.60 Å². The molecule has 6 nitrogen and oxygen atoms in total. The van der Waals surface area contributed by atoms with E-state index in [9.17, 15) is 29.7 Å². The molecule has 0 aromatic rings. The van der Waals surface area contributed by atoms with E-state index in [0.29, 0.717) is 19.3 Å². The molecule has 0 heterocycles. The third kappa shape index (κ3) is 19.7. The van der Waals surface area contributed by atoms with Gasteiger partial charge >= 0.3 is 5.97 Å². The molecule has 0 saturated carbocycles. The molecule has 0 radical (unpaired) electrons. The summed E-state index contributed by atoms with van der Waals surface area (Å²) in [7, 11) is 0. The second kappa shape index (κ2) is 28.2. The summed E-state index contributed by atoms with van der Waals surface area (Å²) in [6, 6.07) is 0. The third-order valence-electron chi connectivity index (χ3n) is 9.20. The largest absolute Gasteiger partial charge is 0.479 e. The van der Waals surface area contributed by atoms with Crippen LogP contribution >= 0.6 is 0 Å². The number of ketones is 2. The number of hydrogen-bond acceptors (Lipinski definition) is 5. The topological polar surface area (TPSA) is 112 Å². The molecule has 0 rings (SSSR count). The van der Waals surface area contributed by atoms with Gasteiger partial charge in [-0.2, -0.15) is 0 Å². The van der Waals surface area contributed by atoms with E-state index in [2.05, 4.69) is 13.8 Å². The number of Topliss-reactive ketones (excluding diaryl/α,β-unsaturated/α-hetero) is 2. The first-order chi connectivity index (χ1) is 20.8. The van der Waals surface area contributed by atoms with Gasteiger partial charge in [-0.05, 0) is 19.3 Å². The predicted octanol–water partition coefficient (Wildman–Crippen LogP) is 9.90. The van der Waals surface area contributed by atoms with E-state index in [1.54, 1.807) is 6.92 Å². The van der Waals surface area contributed by atoms with Gasteiger partial charge in [0.05, 0.1) is 0 Å². The van der Waals surface area contributed by atoms with Crippen LogP contribution < -0.4 is 0 Å². The van der Waals surface area contributed by atoms with E-state index in [0.717, 1.165) is 44.9 Å². The lowest BCUT2D eigenvalue weighted by Gasteiger charge is -2.30. The van der Waals surface area contributed by atoms with E-state index in [1.165, 1.54) is 109 Å². The summed E-state index contributed by atoms with van der Waals surface area (Å²) in [6.07, 6.45) is 27.9. The number of hydrogen-bond donors (Lipinski definition) is 3. The van der Waals surface area contributed by atoms with E-state index < -0.39 is 35.2 Å². The highest BCUT2D eigenvalue weighted by Gasteiger charge is 2.54. The smallest absolute Gasteiger partial charge is 0.346 e. The van der Waals surface area contributed by atoms with Gasteiger partial charge in [0.2, 0.25) is 0 Å². The molecule has 0 amide bonds. The van der Waals surface area contributed by atoms with Crippen LogP contribution in [-0.4, -0.2) is 44.6 Å². The molecule has 0 aliphatic heterocycles. The number of aliphatic hydroxyl groups excluding tert-OH is 1. The van der Waals surface area contributed by atoms with Crippen LogP contribution in [0.15, 0.2) is 0 Å². The van der Waals surface area contributed by atoms with Crippen LogP contribution in [-0.2, 0) is 14.4 Å². The minimum atomic E-state index is -3.08. The molecular weight excluding hydrogens is 540 g/mol. The fourth-order valence-corrected chi connectivity index (χ4v) is 6.11. The van der Waals surface area contributed by atoms with Gasteiger partial charge in [0.15, 0.2) is 17.7 Å². The first-order valence-electron chi connectivity index (χ1n) is 18.5. The monoisotopic (exact) mass is 611 g/mol. The van der Waals surface area contributed by atoms with E-state index in [-0.39, 0.29) is 6.42 Å². The lowest BCUT2D eigenvalue weighted by Crippen LogP contribution is -2.60. The van der Waals surface area contributed by atoms with Crippen LogP contribution in [0.3, 0.4) is 0 Å². The van der Waals surface area contributed by atoms with Gasteiger partial charge < -0.3 is 15.3 Å². The standard InChI is InChI=1S/C37H70O6/c1-4-7-9-11-13-15-17-19-21-23-25-27-29-31-33(38)35(40)37(43,36(41)42)34(39)32(6-3)30-28-26-24-22-20-18-16-14-12-10-8-5-2/h32,35,40,43H,4-31H2,1-3H3,(H,41,42). The number of carbonyl (C=O) groups is 3. The maximum atomic E-state index is 13.2. The number of unbranched alkanes of at least 4 members (excludes halogenated alkanes) is 23. The van der Waals surface area contributed by atoms with Crippen molar-refractivity contribution in [2.75, 3.05) is 0 Å². The molecular formula is C37H70O6. The fraction of sp³-hybridized carbons (Fsp3) is 0.919. The second-order valence-corrected chi connectivity index (χ2v) is 13.1. The highest BCUT2D eigenvalue weighted by atomic mass is 16.4. The van der Waals surface area contributed by atoms with Gasteiger partial charge in [-0.15, -0.1) is 0 Å². The van der Waals surface area contributed by atoms with Gasteiger partial charge in [0.1, 0.15) is 0 Å². The molecule has 6 heteroatoms. The Kier molecular flexibility index (Phi) is 27.4. The minimum Gasteiger partial charge on any atom is -0.479 e. The summed E-state index contributed by atoms with van der Waals surface area (Å²) in [5.41, 5.74) is -3.08. The number of carbonyl (C=O) groups excluding carboxylic acids is 2. The summed E-state index contributed by atoms with van der Waals surface area (Å²) in [5, 5.41) is 31.2. The summed E-state index contributed by atoms with van der Waals surface area (Å²) >= 11 is 0. The molecule has 0 aromatic carbocycles. The Bertz CT molecular complexity index is 693. The molecule has 0 aromatic heterocycles. The summed E-state index contributed by atoms with van der Waals surface area (Å²) in [6.45, 7) is 6.25. The zero-order valence-electron chi connectivity index (χ0n) is 28.5. The normalized spacial score (nSPS) is 14.3. The van der Waals surface area contributed by atoms with Crippen LogP contribution in [0.5, 0.6) is 0 Å². The summed E-state index contributed by atoms with van der Waals surface area (Å²) in [5.74, 6) is -4.22. The van der Waals surface area contributed by atoms with E-state index >= 15 is 0 Å². The van der Waals surface area contributed by atoms with E-state index in [1.807, 2.05) is 0 Å². The van der Waals surface area contributed by atoms with Crippen molar-refractivity contribution >= 4 is 17.5 Å². The molecule has 3 unspecified atom stereocenters. The van der Waals surface area contributed by atoms with Crippen molar-refractivity contribution < 1.29 is 29.7 Å². The number of aliphatic hydroxyl groups is 2. The number of aliphatic carboxylic acids is 1. The quantitative estimate of drug-likeness (QED) is 0.0503. The van der Waals surface area contributed by atoms with Crippen molar-refractivity contribution in [2.45, 2.75) is 212 Å². The molecule has 0 spiro atoms. The Labute approximate surface area is 265 Å². The first-order valence-corrected chi connectivity index (χ1v) is 18.5. The van der Waals surface area contributed by atoms with Gasteiger partial charge in [0, 0.05) is 12.3 Å². The molecule has 3 N–H and O–H groups in total. The van der Waals surface area contributed by atoms with Gasteiger partial charge in [-0.1, -0.05) is 175 Å². The van der Waals surface area contributed by atoms with Crippen molar-refractivity contribution in [3.05, 3.63) is 0 Å². The summed E-state index contributed by atoms with van der Waals surface area (Å²) < 4.78 is 0. The lowest BCUT2D eigenvalue weighted by atomic mass is 9.79. The Hall–Kier alpha value is -1.27. The zero-order chi connectivity index (χ0) is 32.2. The lowest BCUT2D eigenvalue weighted by molar-refractivity contribution is -0.182. The zero-order valence-corrected chi connectivity index (χ0v) is 28.5. The molecule has 0 aliphatic carbocycles. The van der Waals surface area contributed by atoms with Crippen LogP contribution in [0.1, 0.15) is 201 Å². The molecule has 3 atom stereocenters. The Morgan fingerprint density at radius 3 is 1.19 bits per heavy atom. The first kappa shape index (κ1) is 41.7. The average Bonchev–Trinajstić information content (AvgIpc) is 3.00. The molecule has 0 saturated heterocycles. The minimum absolute atomic E-state index is 0.0304. The van der Waals surface area contributed by atoms with Gasteiger partial charge in [-0.3, -0.25) is 9.59 Å². The fourth-order valence-electron chi connectivity index (χ4n) is 6.11. The third-order valence-corrected chi connectivity index (χ3v) is 9.20. The molecule has 0 bridgehead atoms. The number of carboxylic acids is 1. The Balaban J connectivity index is 4.30. The summed E-state index contributed by atoms with van der Waals surface area (Å²) in [4.78, 5) is 37.8. The van der Waals surface area contributed by atoms with Gasteiger partial charge in [-0.25, -0.2) is 4.79 Å². The number of carboxylic acid groups (broad SMARTS) is 1. The van der Waals surface area contributed by atoms with Crippen molar-refractivity contribution in [1.29, 1.82) is 0 Å². The molecule has 0 aliphatic rings. The van der Waals surface area contributed by atoms with Crippen molar-refractivity contribution in [2.24, 2.45) is 5.92 Å². The van der Waals surface area contributed by atoms with Crippen LogP contribution in [0, 0.1) is 5.92 Å². The molecule has 0 fully saturated rings. The van der Waals surface area contributed by atoms with Crippen LogP contribution in [0.4, 0.5) is 0 Å². The SMILES string of the molecule is CCCCCCCCCCCCCCCC(=O)C(O)C(O)(C(=O)O)C(=O)C(CC)CCCCCCCCCCCCCC.